The van der Waals surface area contributed by atoms with Crippen LogP contribution in [0.4, 0.5) is 14.5 Å². The van der Waals surface area contributed by atoms with Crippen molar-refractivity contribution in [2.45, 2.75) is 26.1 Å². The SMILES string of the molecule is CC1CN(C(=O)c2noc3c2COCC3)c2cc(F)c(F)cc2O1. The average Bonchev–Trinajstić information content (AvgIpc) is 2.99. The number of anilines is 1. The fourth-order valence-electron chi connectivity index (χ4n) is 2.95. The van der Waals surface area contributed by atoms with E-state index in [0.717, 1.165) is 12.1 Å². The van der Waals surface area contributed by atoms with Gasteiger partial charge in [-0.15, -0.1) is 0 Å². The van der Waals surface area contributed by atoms with Crippen LogP contribution in [0.2, 0.25) is 0 Å². The van der Waals surface area contributed by atoms with Crippen molar-refractivity contribution in [3.8, 4) is 5.75 Å². The molecule has 3 heterocycles. The topological polar surface area (TPSA) is 64.8 Å². The second-order valence-corrected chi connectivity index (χ2v) is 5.81. The van der Waals surface area contributed by atoms with Crippen molar-refractivity contribution in [3.63, 3.8) is 0 Å². The van der Waals surface area contributed by atoms with Gasteiger partial charge in [-0.25, -0.2) is 8.78 Å². The van der Waals surface area contributed by atoms with Gasteiger partial charge in [0.05, 0.1) is 31.0 Å². The number of hydrogen-bond donors (Lipinski definition) is 0. The summed E-state index contributed by atoms with van der Waals surface area (Å²) >= 11 is 0. The van der Waals surface area contributed by atoms with E-state index < -0.39 is 17.5 Å². The van der Waals surface area contributed by atoms with Gasteiger partial charge < -0.3 is 14.0 Å². The maximum absolute atomic E-state index is 13.6. The highest BCUT2D eigenvalue weighted by Crippen LogP contribution is 2.36. The van der Waals surface area contributed by atoms with Crippen LogP contribution in [0.5, 0.6) is 5.75 Å². The van der Waals surface area contributed by atoms with Crippen molar-refractivity contribution in [1.29, 1.82) is 0 Å². The fraction of sp³-hybridized carbons (Fsp3) is 0.375. The molecule has 0 spiro atoms. The number of rotatable bonds is 1. The molecule has 1 aromatic carbocycles. The lowest BCUT2D eigenvalue weighted by atomic mass is 10.1. The molecule has 126 valence electrons. The summed E-state index contributed by atoms with van der Waals surface area (Å²) in [6.07, 6.45) is 0.177. The first-order valence-electron chi connectivity index (χ1n) is 7.57. The van der Waals surface area contributed by atoms with Crippen LogP contribution >= 0.6 is 0 Å². The molecule has 2 aliphatic rings. The van der Waals surface area contributed by atoms with E-state index in [1.165, 1.54) is 4.90 Å². The second kappa shape index (κ2) is 5.55. The number of aromatic nitrogens is 1. The summed E-state index contributed by atoms with van der Waals surface area (Å²) < 4.78 is 43.2. The summed E-state index contributed by atoms with van der Waals surface area (Å²) in [5, 5.41) is 3.86. The lowest BCUT2D eigenvalue weighted by Crippen LogP contribution is -2.43. The third-order valence-corrected chi connectivity index (χ3v) is 4.10. The Hall–Kier alpha value is -2.48. The molecule has 24 heavy (non-hydrogen) atoms. The Morgan fingerprint density at radius 1 is 1.33 bits per heavy atom. The van der Waals surface area contributed by atoms with Crippen LogP contribution in [-0.2, 0) is 17.8 Å². The number of amides is 1. The molecule has 0 aliphatic carbocycles. The molecule has 0 saturated heterocycles. The van der Waals surface area contributed by atoms with Gasteiger partial charge in [0.2, 0.25) is 0 Å². The van der Waals surface area contributed by atoms with E-state index in [4.69, 9.17) is 14.0 Å². The molecular formula is C16H14F2N2O4. The predicted octanol–water partition coefficient (Wildman–Crippen LogP) is 2.45. The molecular weight excluding hydrogens is 322 g/mol. The number of nitrogens with zero attached hydrogens (tertiary/aromatic N) is 2. The van der Waals surface area contributed by atoms with Gasteiger partial charge in [0.25, 0.3) is 5.91 Å². The maximum atomic E-state index is 13.6. The first-order chi connectivity index (χ1) is 11.5. The highest BCUT2D eigenvalue weighted by Gasteiger charge is 2.34. The van der Waals surface area contributed by atoms with Crippen molar-refractivity contribution in [1.82, 2.24) is 5.16 Å². The van der Waals surface area contributed by atoms with Crippen molar-refractivity contribution in [3.05, 3.63) is 40.8 Å². The third-order valence-electron chi connectivity index (χ3n) is 4.10. The summed E-state index contributed by atoms with van der Waals surface area (Å²) in [6, 6.07) is 1.90. The van der Waals surface area contributed by atoms with Gasteiger partial charge in [0, 0.05) is 18.6 Å². The van der Waals surface area contributed by atoms with Gasteiger partial charge in [0.1, 0.15) is 17.6 Å². The van der Waals surface area contributed by atoms with Crippen molar-refractivity contribution >= 4 is 11.6 Å². The largest absolute Gasteiger partial charge is 0.487 e. The Morgan fingerprint density at radius 2 is 2.12 bits per heavy atom. The molecule has 0 bridgehead atoms. The third kappa shape index (κ3) is 2.34. The van der Waals surface area contributed by atoms with Crippen LogP contribution in [0.15, 0.2) is 16.7 Å². The summed E-state index contributed by atoms with van der Waals surface area (Å²) in [6.45, 7) is 2.69. The summed E-state index contributed by atoms with van der Waals surface area (Å²) in [4.78, 5) is 14.2. The molecule has 0 saturated carbocycles. The Morgan fingerprint density at radius 3 is 2.96 bits per heavy atom. The molecule has 0 N–H and O–H groups in total. The van der Waals surface area contributed by atoms with Gasteiger partial charge in [-0.1, -0.05) is 5.16 Å². The van der Waals surface area contributed by atoms with Gasteiger partial charge in [-0.3, -0.25) is 9.69 Å². The van der Waals surface area contributed by atoms with Crippen LogP contribution in [0.3, 0.4) is 0 Å². The molecule has 1 unspecified atom stereocenters. The first kappa shape index (κ1) is 15.1. The number of fused-ring (bicyclic) bond motifs is 2. The lowest BCUT2D eigenvalue weighted by Gasteiger charge is -2.33. The minimum Gasteiger partial charge on any atom is -0.487 e. The normalized spacial score (nSPS) is 19.5. The van der Waals surface area contributed by atoms with Crippen molar-refractivity contribution in [2.24, 2.45) is 0 Å². The molecule has 2 aliphatic heterocycles. The molecule has 0 radical (unpaired) electrons. The van der Waals surface area contributed by atoms with E-state index in [-0.39, 0.29) is 36.4 Å². The van der Waals surface area contributed by atoms with E-state index in [0.29, 0.717) is 24.4 Å². The Kier molecular flexibility index (Phi) is 3.49. The van der Waals surface area contributed by atoms with E-state index >= 15 is 0 Å². The summed E-state index contributed by atoms with van der Waals surface area (Å²) in [7, 11) is 0. The molecule has 0 fully saturated rings. The highest BCUT2D eigenvalue weighted by molar-refractivity contribution is 6.06. The molecule has 2 aromatic rings. The van der Waals surface area contributed by atoms with Crippen LogP contribution in [0.25, 0.3) is 0 Å². The summed E-state index contributed by atoms with van der Waals surface area (Å²) in [5.41, 5.74) is 0.912. The quantitative estimate of drug-likeness (QED) is 0.800. The Bertz CT molecular complexity index is 821. The number of benzene rings is 1. The molecule has 1 amide bonds. The number of hydrogen-bond acceptors (Lipinski definition) is 5. The second-order valence-electron chi connectivity index (χ2n) is 5.81. The first-order valence-corrected chi connectivity index (χ1v) is 7.57. The molecule has 8 heteroatoms. The zero-order valence-electron chi connectivity index (χ0n) is 12.8. The Labute approximate surface area is 135 Å². The van der Waals surface area contributed by atoms with Crippen LogP contribution < -0.4 is 9.64 Å². The van der Waals surface area contributed by atoms with E-state index in [1.807, 2.05) is 0 Å². The highest BCUT2D eigenvalue weighted by atomic mass is 19.2. The van der Waals surface area contributed by atoms with Gasteiger partial charge in [0.15, 0.2) is 17.3 Å². The van der Waals surface area contributed by atoms with Crippen LogP contribution in [0, 0.1) is 11.6 Å². The minimum atomic E-state index is -1.05. The number of ether oxygens (including phenoxy) is 2. The van der Waals surface area contributed by atoms with Crippen molar-refractivity contribution in [2.75, 3.05) is 18.1 Å². The zero-order valence-corrected chi connectivity index (χ0v) is 12.8. The maximum Gasteiger partial charge on any atom is 0.281 e. The molecule has 6 nitrogen and oxygen atoms in total. The van der Waals surface area contributed by atoms with E-state index in [9.17, 15) is 13.6 Å². The van der Waals surface area contributed by atoms with Gasteiger partial charge in [-0.05, 0) is 6.92 Å². The number of carbonyl (C=O) groups is 1. The molecule has 1 atom stereocenters. The van der Waals surface area contributed by atoms with Crippen LogP contribution in [-0.4, -0.2) is 30.3 Å². The van der Waals surface area contributed by atoms with Crippen LogP contribution in [0.1, 0.15) is 28.7 Å². The van der Waals surface area contributed by atoms with Gasteiger partial charge >= 0.3 is 0 Å². The minimum absolute atomic E-state index is 0.120. The monoisotopic (exact) mass is 336 g/mol. The number of carbonyl (C=O) groups excluding carboxylic acids is 1. The zero-order chi connectivity index (χ0) is 16.8. The lowest BCUT2D eigenvalue weighted by molar-refractivity contribution is 0.0930. The van der Waals surface area contributed by atoms with Gasteiger partial charge in [-0.2, -0.15) is 0 Å². The standard InChI is InChI=1S/C16H14F2N2O4/c1-8-6-20(12-4-10(17)11(18)5-14(12)23-8)16(21)15-9-7-22-3-2-13(9)24-19-15/h4-5,8H,2-3,6-7H2,1H3. The average molecular weight is 336 g/mol. The Balaban J connectivity index is 1.76. The molecule has 1 aromatic heterocycles. The van der Waals surface area contributed by atoms with E-state index in [1.54, 1.807) is 6.92 Å². The van der Waals surface area contributed by atoms with E-state index in [2.05, 4.69) is 5.16 Å². The fourth-order valence-corrected chi connectivity index (χ4v) is 2.95. The molecule has 4 rings (SSSR count). The number of halogens is 2. The van der Waals surface area contributed by atoms with Crippen molar-refractivity contribution < 1.29 is 27.6 Å². The predicted molar refractivity (Wildman–Crippen MR) is 78.0 cm³/mol. The summed E-state index contributed by atoms with van der Waals surface area (Å²) in [5.74, 6) is -1.78. The smallest absolute Gasteiger partial charge is 0.281 e.